The van der Waals surface area contributed by atoms with E-state index in [-0.39, 0.29) is 12.5 Å². The first-order valence-corrected chi connectivity index (χ1v) is 10.1. The smallest absolute Gasteiger partial charge is 0.182 e. The maximum Gasteiger partial charge on any atom is 0.182 e. The van der Waals surface area contributed by atoms with Crippen molar-refractivity contribution in [2.75, 3.05) is 27.4 Å². The van der Waals surface area contributed by atoms with E-state index in [1.807, 2.05) is 43.3 Å². The highest BCUT2D eigenvalue weighted by Crippen LogP contribution is 2.63. The molecule has 0 aliphatic heterocycles. The van der Waals surface area contributed by atoms with Gasteiger partial charge in [-0.1, -0.05) is 29.8 Å². The van der Waals surface area contributed by atoms with Gasteiger partial charge in [0.25, 0.3) is 0 Å². The van der Waals surface area contributed by atoms with Gasteiger partial charge in [-0.25, -0.2) is 8.42 Å². The van der Waals surface area contributed by atoms with Crippen molar-refractivity contribution in [1.29, 1.82) is 0 Å². The Morgan fingerprint density at radius 3 is 2.15 bits per heavy atom. The number of rotatable bonds is 7. The van der Waals surface area contributed by atoms with E-state index in [2.05, 4.69) is 0 Å². The highest BCUT2D eigenvalue weighted by atomic mass is 32.2. The van der Waals surface area contributed by atoms with Gasteiger partial charge in [-0.05, 0) is 36.8 Å². The third-order valence-electron chi connectivity index (χ3n) is 5.33. The molecule has 1 aliphatic rings. The van der Waals surface area contributed by atoms with E-state index in [4.69, 9.17) is 15.2 Å². The van der Waals surface area contributed by atoms with E-state index in [1.54, 1.807) is 26.4 Å². The van der Waals surface area contributed by atoms with Gasteiger partial charge in [0.2, 0.25) is 0 Å². The fraction of sp³-hybridized carbons (Fsp3) is 0.400. The van der Waals surface area contributed by atoms with Crippen LogP contribution >= 0.6 is 0 Å². The molecule has 0 aromatic heterocycles. The number of ether oxygens (including phenoxy) is 2. The monoisotopic (exact) mass is 375 g/mol. The Hall–Kier alpha value is -1.89. The van der Waals surface area contributed by atoms with Crippen molar-refractivity contribution in [2.24, 2.45) is 11.1 Å². The second-order valence-electron chi connectivity index (χ2n) is 6.90. The summed E-state index contributed by atoms with van der Waals surface area (Å²) in [6.45, 7) is 2.48. The Morgan fingerprint density at radius 2 is 1.65 bits per heavy atom. The summed E-state index contributed by atoms with van der Waals surface area (Å²) in [5, 5.41) is -0.601. The van der Waals surface area contributed by atoms with Gasteiger partial charge in [0, 0.05) is 25.0 Å². The second kappa shape index (κ2) is 7.02. The van der Waals surface area contributed by atoms with Crippen LogP contribution in [0.15, 0.2) is 53.4 Å². The van der Waals surface area contributed by atoms with E-state index in [1.165, 1.54) is 0 Å². The van der Waals surface area contributed by atoms with Crippen molar-refractivity contribution in [3.8, 4) is 5.75 Å². The Kier molecular flexibility index (Phi) is 5.10. The predicted octanol–water partition coefficient (Wildman–Crippen LogP) is 2.53. The lowest BCUT2D eigenvalue weighted by molar-refractivity contribution is 0.142. The molecule has 5 nitrogen and oxygen atoms in total. The van der Waals surface area contributed by atoms with Gasteiger partial charge < -0.3 is 15.2 Å². The van der Waals surface area contributed by atoms with Gasteiger partial charge in [-0.15, -0.1) is 0 Å². The molecule has 2 N–H and O–H groups in total. The molecule has 140 valence electrons. The Labute approximate surface area is 155 Å². The second-order valence-corrected chi connectivity index (χ2v) is 8.97. The summed E-state index contributed by atoms with van der Waals surface area (Å²) in [4.78, 5) is 0.332. The SMILES string of the molecule is COC[C@@]1(CN)[C@H](c2ccc(OC)cc2)[C@@H]1S(=O)(=O)c1ccc(C)cc1. The minimum absolute atomic E-state index is 0.204. The van der Waals surface area contributed by atoms with Crippen LogP contribution in [0.2, 0.25) is 0 Å². The predicted molar refractivity (Wildman–Crippen MR) is 101 cm³/mol. The van der Waals surface area contributed by atoms with Gasteiger partial charge in [0.05, 0.1) is 23.9 Å². The van der Waals surface area contributed by atoms with Crippen molar-refractivity contribution in [2.45, 2.75) is 23.0 Å². The fourth-order valence-electron chi connectivity index (χ4n) is 3.88. The van der Waals surface area contributed by atoms with Crippen LogP contribution in [0.3, 0.4) is 0 Å². The standard InChI is InChI=1S/C20H25NO4S/c1-14-4-10-17(11-5-14)26(22,23)19-18(20(19,12-21)13-24-2)15-6-8-16(25-3)9-7-15/h4-11,18-19H,12-13,21H2,1-3H3/t18-,19+,20+/m1/s1. The van der Waals surface area contributed by atoms with Crippen LogP contribution < -0.4 is 10.5 Å². The zero-order valence-electron chi connectivity index (χ0n) is 15.3. The summed E-state index contributed by atoms with van der Waals surface area (Å²) in [5.41, 5.74) is 7.40. The summed E-state index contributed by atoms with van der Waals surface area (Å²) >= 11 is 0. The first-order chi connectivity index (χ1) is 12.4. The third kappa shape index (κ3) is 3.02. The van der Waals surface area contributed by atoms with E-state index < -0.39 is 20.5 Å². The number of methoxy groups -OCH3 is 2. The molecule has 0 bridgehead atoms. The van der Waals surface area contributed by atoms with Crippen LogP contribution in [-0.4, -0.2) is 41.0 Å². The molecule has 1 aliphatic carbocycles. The topological polar surface area (TPSA) is 78.6 Å². The molecule has 0 unspecified atom stereocenters. The van der Waals surface area contributed by atoms with Crippen molar-refractivity contribution in [3.05, 3.63) is 59.7 Å². The Bertz CT molecular complexity index is 862. The molecule has 6 heteroatoms. The molecule has 0 radical (unpaired) electrons. The third-order valence-corrected chi connectivity index (χ3v) is 7.67. The molecule has 0 amide bonds. The summed E-state index contributed by atoms with van der Waals surface area (Å²) in [7, 11) is -0.346. The maximum absolute atomic E-state index is 13.3. The van der Waals surface area contributed by atoms with Crippen molar-refractivity contribution in [1.82, 2.24) is 0 Å². The molecule has 1 fully saturated rings. The zero-order chi connectivity index (χ0) is 18.9. The summed E-state index contributed by atoms with van der Waals surface area (Å²) in [6.07, 6.45) is 0. The number of nitrogens with two attached hydrogens (primary N) is 1. The van der Waals surface area contributed by atoms with Crippen LogP contribution in [0.4, 0.5) is 0 Å². The van der Waals surface area contributed by atoms with Crippen molar-refractivity contribution in [3.63, 3.8) is 0 Å². The molecule has 0 heterocycles. The fourth-order valence-corrected chi connectivity index (χ4v) is 6.32. The average molecular weight is 375 g/mol. The lowest BCUT2D eigenvalue weighted by atomic mass is 10.00. The lowest BCUT2D eigenvalue weighted by Crippen LogP contribution is -2.28. The van der Waals surface area contributed by atoms with Crippen LogP contribution in [0.5, 0.6) is 5.75 Å². The molecular weight excluding hydrogens is 350 g/mol. The minimum Gasteiger partial charge on any atom is -0.497 e. The quantitative estimate of drug-likeness (QED) is 0.805. The van der Waals surface area contributed by atoms with Gasteiger partial charge in [-0.2, -0.15) is 0 Å². The van der Waals surface area contributed by atoms with Gasteiger partial charge >= 0.3 is 0 Å². The van der Waals surface area contributed by atoms with Crippen LogP contribution in [0.25, 0.3) is 0 Å². The van der Waals surface area contributed by atoms with Crippen LogP contribution in [0.1, 0.15) is 17.0 Å². The van der Waals surface area contributed by atoms with Crippen LogP contribution in [0, 0.1) is 12.3 Å². The molecule has 26 heavy (non-hydrogen) atoms. The number of hydrogen-bond donors (Lipinski definition) is 1. The number of aryl methyl sites for hydroxylation is 1. The molecule has 1 saturated carbocycles. The number of hydrogen-bond acceptors (Lipinski definition) is 5. The van der Waals surface area contributed by atoms with Gasteiger partial charge in [0.15, 0.2) is 9.84 Å². The first kappa shape index (κ1) is 18.9. The number of sulfone groups is 1. The maximum atomic E-state index is 13.3. The molecule has 2 aromatic carbocycles. The van der Waals surface area contributed by atoms with E-state index in [9.17, 15) is 8.42 Å². The molecule has 3 atom stereocenters. The zero-order valence-corrected chi connectivity index (χ0v) is 16.1. The summed E-state index contributed by atoms with van der Waals surface area (Å²) < 4.78 is 37.2. The Morgan fingerprint density at radius 1 is 1.04 bits per heavy atom. The molecule has 3 rings (SSSR count). The number of benzene rings is 2. The van der Waals surface area contributed by atoms with Gasteiger partial charge in [0.1, 0.15) is 5.75 Å². The van der Waals surface area contributed by atoms with Crippen molar-refractivity contribution >= 4 is 9.84 Å². The van der Waals surface area contributed by atoms with Crippen molar-refractivity contribution < 1.29 is 17.9 Å². The summed E-state index contributed by atoms with van der Waals surface area (Å²) in [6, 6.07) is 14.5. The summed E-state index contributed by atoms with van der Waals surface area (Å²) in [5.74, 6) is 0.530. The molecule has 2 aromatic rings. The molecular formula is C20H25NO4S. The van der Waals surface area contributed by atoms with E-state index in [0.29, 0.717) is 11.5 Å². The lowest BCUT2D eigenvalue weighted by Gasteiger charge is -2.15. The largest absolute Gasteiger partial charge is 0.497 e. The highest BCUT2D eigenvalue weighted by molar-refractivity contribution is 7.92. The molecule has 0 saturated heterocycles. The van der Waals surface area contributed by atoms with E-state index >= 15 is 0 Å². The average Bonchev–Trinajstić information content (AvgIpc) is 3.32. The first-order valence-electron chi connectivity index (χ1n) is 8.54. The van der Waals surface area contributed by atoms with E-state index in [0.717, 1.165) is 16.9 Å². The highest BCUT2D eigenvalue weighted by Gasteiger charge is 2.70. The molecule has 0 spiro atoms. The normalized spacial score (nSPS) is 25.1. The van der Waals surface area contributed by atoms with Gasteiger partial charge in [-0.3, -0.25) is 0 Å². The van der Waals surface area contributed by atoms with Crippen LogP contribution in [-0.2, 0) is 14.6 Å². The Balaban J connectivity index is 2.03. The minimum atomic E-state index is -3.53.